The second-order valence-electron chi connectivity index (χ2n) is 3.45. The summed E-state index contributed by atoms with van der Waals surface area (Å²) in [7, 11) is 4.80. The summed E-state index contributed by atoms with van der Waals surface area (Å²) in [5.74, 6) is 1.68. The fourth-order valence-corrected chi connectivity index (χ4v) is 1.35. The minimum atomic E-state index is 0. The molecule has 0 heterocycles. The fraction of sp³-hybridized carbons (Fsp3) is 0.417. The van der Waals surface area contributed by atoms with E-state index in [2.05, 4.69) is 10.3 Å². The number of nitrogens with zero attached hydrogens (tertiary/aromatic N) is 1. The van der Waals surface area contributed by atoms with Crippen LogP contribution in [0.3, 0.4) is 0 Å². The molecule has 0 spiro atoms. The van der Waals surface area contributed by atoms with E-state index >= 15 is 0 Å². The zero-order valence-electron chi connectivity index (χ0n) is 11.3. The van der Waals surface area contributed by atoms with Gasteiger partial charge < -0.3 is 25.3 Å². The van der Waals surface area contributed by atoms with Gasteiger partial charge in [-0.05, 0) is 12.1 Å². The second kappa shape index (κ2) is 9.68. The second-order valence-corrected chi connectivity index (χ2v) is 3.45. The van der Waals surface area contributed by atoms with Gasteiger partial charge >= 0.3 is 0 Å². The summed E-state index contributed by atoms with van der Waals surface area (Å²) >= 11 is 0. The Kier molecular flexibility index (Phi) is 9.06. The third-order valence-electron chi connectivity index (χ3n) is 2.25. The summed E-state index contributed by atoms with van der Waals surface area (Å²) in [6.45, 7) is 1.03. The molecular formula is C12H20IN3O3. The molecule has 0 fully saturated rings. The number of ether oxygens (including phenoxy) is 3. The van der Waals surface area contributed by atoms with Crippen molar-refractivity contribution in [3.63, 3.8) is 0 Å². The lowest BCUT2D eigenvalue weighted by Gasteiger charge is -2.12. The van der Waals surface area contributed by atoms with E-state index in [1.165, 1.54) is 0 Å². The average Bonchev–Trinajstić information content (AvgIpc) is 2.39. The molecule has 0 aromatic heterocycles. The third kappa shape index (κ3) is 5.97. The summed E-state index contributed by atoms with van der Waals surface area (Å²) < 4.78 is 15.2. The van der Waals surface area contributed by atoms with Gasteiger partial charge in [0, 0.05) is 13.2 Å². The van der Waals surface area contributed by atoms with Crippen molar-refractivity contribution in [1.82, 2.24) is 0 Å². The lowest BCUT2D eigenvalue weighted by atomic mass is 10.2. The number of anilines is 1. The van der Waals surface area contributed by atoms with Crippen molar-refractivity contribution in [3.05, 3.63) is 18.2 Å². The number of hydrogen-bond acceptors (Lipinski definition) is 4. The van der Waals surface area contributed by atoms with Crippen LogP contribution in [0.4, 0.5) is 5.69 Å². The first-order valence-electron chi connectivity index (χ1n) is 5.49. The van der Waals surface area contributed by atoms with Crippen LogP contribution < -0.4 is 20.5 Å². The molecule has 0 saturated carbocycles. The van der Waals surface area contributed by atoms with E-state index in [0.717, 1.165) is 0 Å². The number of nitrogens with two attached hydrogens (primary N) is 1. The molecule has 0 aliphatic carbocycles. The monoisotopic (exact) mass is 381 g/mol. The first-order valence-corrected chi connectivity index (χ1v) is 5.49. The molecule has 3 N–H and O–H groups in total. The molecule has 0 aliphatic rings. The number of benzene rings is 1. The van der Waals surface area contributed by atoms with E-state index in [0.29, 0.717) is 36.3 Å². The van der Waals surface area contributed by atoms with E-state index in [1.54, 1.807) is 33.5 Å². The third-order valence-corrected chi connectivity index (χ3v) is 2.25. The average molecular weight is 381 g/mol. The molecule has 0 radical (unpaired) electrons. The van der Waals surface area contributed by atoms with Crippen LogP contribution in [0.2, 0.25) is 0 Å². The Morgan fingerprint density at radius 1 is 1.26 bits per heavy atom. The highest BCUT2D eigenvalue weighted by Gasteiger charge is 2.05. The topological polar surface area (TPSA) is 78.1 Å². The van der Waals surface area contributed by atoms with Crippen LogP contribution >= 0.6 is 24.0 Å². The molecule has 19 heavy (non-hydrogen) atoms. The molecule has 6 nitrogen and oxygen atoms in total. The van der Waals surface area contributed by atoms with Crippen LogP contribution in [-0.4, -0.2) is 40.4 Å². The van der Waals surface area contributed by atoms with Gasteiger partial charge in [-0.3, -0.25) is 4.99 Å². The SMILES string of the molecule is COCCN=C(N)Nc1cc(OC)ccc1OC.I. The molecule has 0 atom stereocenters. The number of guanidine groups is 1. The minimum absolute atomic E-state index is 0. The first kappa shape index (κ1) is 17.8. The highest BCUT2D eigenvalue weighted by atomic mass is 127. The van der Waals surface area contributed by atoms with Crippen LogP contribution in [0.25, 0.3) is 0 Å². The molecule has 0 aliphatic heterocycles. The molecule has 0 unspecified atom stereocenters. The molecule has 0 amide bonds. The lowest BCUT2D eigenvalue weighted by molar-refractivity contribution is 0.208. The number of aliphatic imine (C=N–C) groups is 1. The number of hydrogen-bond donors (Lipinski definition) is 2. The van der Waals surface area contributed by atoms with Gasteiger partial charge in [-0.2, -0.15) is 0 Å². The Labute approximate surface area is 130 Å². The highest BCUT2D eigenvalue weighted by molar-refractivity contribution is 14.0. The molecule has 1 aromatic carbocycles. The normalized spacial score (nSPS) is 10.6. The Morgan fingerprint density at radius 3 is 2.58 bits per heavy atom. The Bertz CT molecular complexity index is 413. The molecular weight excluding hydrogens is 361 g/mol. The maximum absolute atomic E-state index is 5.75. The van der Waals surface area contributed by atoms with Gasteiger partial charge in [0.05, 0.1) is 33.1 Å². The van der Waals surface area contributed by atoms with Crippen molar-refractivity contribution in [2.75, 3.05) is 39.8 Å². The quantitative estimate of drug-likeness (QED) is 0.340. The molecule has 0 bridgehead atoms. The van der Waals surface area contributed by atoms with Gasteiger partial charge in [-0.15, -0.1) is 24.0 Å². The molecule has 7 heteroatoms. The van der Waals surface area contributed by atoms with Crippen LogP contribution in [0.5, 0.6) is 11.5 Å². The van der Waals surface area contributed by atoms with E-state index in [9.17, 15) is 0 Å². The van der Waals surface area contributed by atoms with Gasteiger partial charge in [0.25, 0.3) is 0 Å². The van der Waals surface area contributed by atoms with Crippen molar-refractivity contribution < 1.29 is 14.2 Å². The number of halogens is 1. The molecule has 108 valence electrons. The van der Waals surface area contributed by atoms with E-state index < -0.39 is 0 Å². The van der Waals surface area contributed by atoms with Crippen molar-refractivity contribution in [3.8, 4) is 11.5 Å². The Hall–Kier alpha value is -1.22. The first-order chi connectivity index (χ1) is 8.71. The number of nitrogens with one attached hydrogen (secondary N) is 1. The molecule has 0 saturated heterocycles. The molecule has 1 rings (SSSR count). The predicted octanol–water partition coefficient (Wildman–Crippen LogP) is 1.69. The van der Waals surface area contributed by atoms with Crippen LogP contribution in [-0.2, 0) is 4.74 Å². The van der Waals surface area contributed by atoms with E-state index in [1.807, 2.05) is 6.07 Å². The summed E-state index contributed by atoms with van der Waals surface area (Å²) in [4.78, 5) is 4.10. The number of methoxy groups -OCH3 is 3. The standard InChI is InChI=1S/C12H19N3O3.HI/c1-16-7-6-14-12(13)15-10-8-9(17-2)4-5-11(10)18-3;/h4-5,8H,6-7H2,1-3H3,(H3,13,14,15);1H. The van der Waals surface area contributed by atoms with Gasteiger partial charge in [-0.1, -0.05) is 0 Å². The van der Waals surface area contributed by atoms with E-state index in [4.69, 9.17) is 19.9 Å². The Balaban J connectivity index is 0.00000324. The van der Waals surface area contributed by atoms with Crippen LogP contribution in [0.15, 0.2) is 23.2 Å². The van der Waals surface area contributed by atoms with Crippen molar-refractivity contribution in [2.45, 2.75) is 0 Å². The smallest absolute Gasteiger partial charge is 0.193 e. The summed E-state index contributed by atoms with van der Waals surface area (Å²) in [6, 6.07) is 5.39. The van der Waals surface area contributed by atoms with Crippen molar-refractivity contribution >= 4 is 35.6 Å². The van der Waals surface area contributed by atoms with Gasteiger partial charge in [0.2, 0.25) is 0 Å². The van der Waals surface area contributed by atoms with Gasteiger partial charge in [0.15, 0.2) is 5.96 Å². The molecule has 1 aromatic rings. The maximum atomic E-state index is 5.75. The summed E-state index contributed by atoms with van der Waals surface area (Å²) in [5.41, 5.74) is 6.45. The van der Waals surface area contributed by atoms with Crippen LogP contribution in [0.1, 0.15) is 0 Å². The lowest BCUT2D eigenvalue weighted by Crippen LogP contribution is -2.23. The van der Waals surface area contributed by atoms with E-state index in [-0.39, 0.29) is 24.0 Å². The summed E-state index contributed by atoms with van der Waals surface area (Å²) in [6.07, 6.45) is 0. The van der Waals surface area contributed by atoms with Crippen molar-refractivity contribution in [2.24, 2.45) is 10.7 Å². The zero-order valence-corrected chi connectivity index (χ0v) is 13.6. The largest absolute Gasteiger partial charge is 0.497 e. The van der Waals surface area contributed by atoms with Crippen LogP contribution in [0, 0.1) is 0 Å². The fourth-order valence-electron chi connectivity index (χ4n) is 1.35. The minimum Gasteiger partial charge on any atom is -0.497 e. The number of rotatable bonds is 6. The van der Waals surface area contributed by atoms with Gasteiger partial charge in [0.1, 0.15) is 11.5 Å². The van der Waals surface area contributed by atoms with Crippen molar-refractivity contribution in [1.29, 1.82) is 0 Å². The predicted molar refractivity (Wildman–Crippen MR) is 86.9 cm³/mol. The maximum Gasteiger partial charge on any atom is 0.193 e. The van der Waals surface area contributed by atoms with Gasteiger partial charge in [-0.25, -0.2) is 0 Å². The zero-order chi connectivity index (χ0) is 13.4. The highest BCUT2D eigenvalue weighted by Crippen LogP contribution is 2.28. The Morgan fingerprint density at radius 2 is 2.00 bits per heavy atom. The summed E-state index contributed by atoms with van der Waals surface area (Å²) in [5, 5.41) is 2.96.